The van der Waals surface area contributed by atoms with E-state index >= 15 is 0 Å². The van der Waals surface area contributed by atoms with Gasteiger partial charge in [-0.05, 0) is 38.3 Å². The highest BCUT2D eigenvalue weighted by molar-refractivity contribution is 7.11. The van der Waals surface area contributed by atoms with Gasteiger partial charge in [0.1, 0.15) is 0 Å². The molecule has 0 bridgehead atoms. The molecule has 0 spiro atoms. The molecule has 0 amide bonds. The summed E-state index contributed by atoms with van der Waals surface area (Å²) < 4.78 is 0. The molecule has 0 radical (unpaired) electrons. The van der Waals surface area contributed by atoms with Gasteiger partial charge in [-0.3, -0.25) is 0 Å². The Labute approximate surface area is 114 Å². The molecule has 1 fully saturated rings. The minimum atomic E-state index is 0.141. The van der Waals surface area contributed by atoms with Crippen molar-refractivity contribution in [2.24, 2.45) is 5.92 Å². The molecule has 0 atom stereocenters. The largest absolute Gasteiger partial charge is 0.391 e. The Morgan fingerprint density at radius 3 is 2.67 bits per heavy atom. The molecule has 0 saturated carbocycles. The maximum Gasteiger partial charge on any atom is 0.0944 e. The van der Waals surface area contributed by atoms with Crippen molar-refractivity contribution in [3.8, 4) is 0 Å². The lowest BCUT2D eigenvalue weighted by molar-refractivity contribution is 0.194. The number of aliphatic hydroxyl groups is 1. The van der Waals surface area contributed by atoms with Crippen LogP contribution in [0.3, 0.4) is 0 Å². The zero-order valence-electron chi connectivity index (χ0n) is 11.5. The Morgan fingerprint density at radius 2 is 2.11 bits per heavy atom. The normalized spacial score (nSPS) is 18.4. The predicted molar refractivity (Wildman–Crippen MR) is 76.0 cm³/mol. The number of aromatic nitrogens is 1. The number of hydrogen-bond acceptors (Lipinski definition) is 4. The molecule has 0 aromatic carbocycles. The fraction of sp³-hybridized carbons (Fsp3) is 0.786. The summed E-state index contributed by atoms with van der Waals surface area (Å²) in [7, 11) is 0. The third-order valence-corrected chi connectivity index (χ3v) is 4.96. The van der Waals surface area contributed by atoms with Gasteiger partial charge in [0.2, 0.25) is 0 Å². The van der Waals surface area contributed by atoms with Crippen LogP contribution in [0.1, 0.15) is 42.3 Å². The standard InChI is InChI=1S/C14H24N2OS/c1-3-12-13(10-17)18-14(15-12)6-9-16-7-4-11(2)5-8-16/h11,17H,3-10H2,1-2H3. The molecule has 1 aliphatic heterocycles. The molecule has 0 aliphatic carbocycles. The van der Waals surface area contributed by atoms with E-state index in [0.29, 0.717) is 0 Å². The van der Waals surface area contributed by atoms with Crippen LogP contribution >= 0.6 is 11.3 Å². The van der Waals surface area contributed by atoms with Crippen molar-refractivity contribution < 1.29 is 5.11 Å². The third-order valence-electron chi connectivity index (χ3n) is 3.82. The molecular weight excluding hydrogens is 244 g/mol. The molecular formula is C14H24N2OS. The van der Waals surface area contributed by atoms with E-state index in [1.165, 1.54) is 30.9 Å². The van der Waals surface area contributed by atoms with Gasteiger partial charge >= 0.3 is 0 Å². The van der Waals surface area contributed by atoms with Crippen molar-refractivity contribution >= 4 is 11.3 Å². The second-order valence-corrected chi connectivity index (χ2v) is 6.43. The highest BCUT2D eigenvalue weighted by atomic mass is 32.1. The van der Waals surface area contributed by atoms with Crippen LogP contribution in [-0.2, 0) is 19.4 Å². The smallest absolute Gasteiger partial charge is 0.0944 e. The zero-order chi connectivity index (χ0) is 13.0. The van der Waals surface area contributed by atoms with Crippen LogP contribution in [0.2, 0.25) is 0 Å². The Morgan fingerprint density at radius 1 is 1.39 bits per heavy atom. The average molecular weight is 268 g/mol. The highest BCUT2D eigenvalue weighted by Crippen LogP contribution is 2.21. The van der Waals surface area contributed by atoms with Crippen molar-refractivity contribution in [1.29, 1.82) is 0 Å². The van der Waals surface area contributed by atoms with Crippen molar-refractivity contribution in [2.45, 2.75) is 46.1 Å². The Kier molecular flexibility index (Phi) is 5.15. The molecule has 2 rings (SSSR count). The second kappa shape index (κ2) is 6.64. The summed E-state index contributed by atoms with van der Waals surface area (Å²) in [6.07, 6.45) is 4.62. The predicted octanol–water partition coefficient (Wildman–Crippen LogP) is 2.47. The van der Waals surface area contributed by atoms with Crippen LogP contribution in [0.15, 0.2) is 0 Å². The average Bonchev–Trinajstić information content (AvgIpc) is 2.80. The summed E-state index contributed by atoms with van der Waals surface area (Å²) in [5, 5.41) is 10.5. The molecule has 4 heteroatoms. The molecule has 18 heavy (non-hydrogen) atoms. The lowest BCUT2D eigenvalue weighted by Gasteiger charge is -2.29. The Hall–Kier alpha value is -0.450. The third kappa shape index (κ3) is 3.53. The summed E-state index contributed by atoms with van der Waals surface area (Å²) in [5.41, 5.74) is 1.09. The first-order valence-corrected chi connectivity index (χ1v) is 7.85. The molecule has 1 aliphatic rings. The first-order valence-electron chi connectivity index (χ1n) is 7.03. The number of aryl methyl sites for hydroxylation is 1. The van der Waals surface area contributed by atoms with E-state index in [4.69, 9.17) is 0 Å². The van der Waals surface area contributed by atoms with E-state index in [9.17, 15) is 5.11 Å². The number of aliphatic hydroxyl groups excluding tert-OH is 1. The van der Waals surface area contributed by atoms with Crippen LogP contribution < -0.4 is 0 Å². The van der Waals surface area contributed by atoms with Crippen molar-refractivity contribution in [3.05, 3.63) is 15.6 Å². The van der Waals surface area contributed by atoms with E-state index in [1.54, 1.807) is 11.3 Å². The van der Waals surface area contributed by atoms with E-state index in [-0.39, 0.29) is 6.61 Å². The van der Waals surface area contributed by atoms with Gasteiger partial charge in [0.15, 0.2) is 0 Å². The Balaban J connectivity index is 1.84. The summed E-state index contributed by atoms with van der Waals surface area (Å²) >= 11 is 1.69. The van der Waals surface area contributed by atoms with Gasteiger partial charge in [-0.15, -0.1) is 11.3 Å². The topological polar surface area (TPSA) is 36.4 Å². The molecule has 1 aromatic rings. The first kappa shape index (κ1) is 14.0. The van der Waals surface area contributed by atoms with Crippen LogP contribution in [0.25, 0.3) is 0 Å². The monoisotopic (exact) mass is 268 g/mol. The number of hydrogen-bond donors (Lipinski definition) is 1. The fourth-order valence-corrected chi connectivity index (χ4v) is 3.49. The van der Waals surface area contributed by atoms with Crippen LogP contribution in [0, 0.1) is 5.92 Å². The second-order valence-electron chi connectivity index (χ2n) is 5.26. The maximum absolute atomic E-state index is 9.27. The van der Waals surface area contributed by atoms with Gasteiger partial charge in [0.05, 0.1) is 22.2 Å². The zero-order valence-corrected chi connectivity index (χ0v) is 12.3. The van der Waals surface area contributed by atoms with Gasteiger partial charge in [0, 0.05) is 13.0 Å². The number of thiazole rings is 1. The molecule has 1 aromatic heterocycles. The van der Waals surface area contributed by atoms with Crippen molar-refractivity contribution in [2.75, 3.05) is 19.6 Å². The SMILES string of the molecule is CCc1nc(CCN2CCC(C)CC2)sc1CO. The number of rotatable bonds is 5. The molecule has 2 heterocycles. The molecule has 3 nitrogen and oxygen atoms in total. The van der Waals surface area contributed by atoms with E-state index < -0.39 is 0 Å². The summed E-state index contributed by atoms with van der Waals surface area (Å²) in [5.74, 6) is 0.897. The minimum Gasteiger partial charge on any atom is -0.391 e. The lowest BCUT2D eigenvalue weighted by atomic mass is 9.99. The van der Waals surface area contributed by atoms with E-state index in [2.05, 4.69) is 23.7 Å². The molecule has 0 unspecified atom stereocenters. The number of likely N-dealkylation sites (tertiary alicyclic amines) is 1. The van der Waals surface area contributed by atoms with E-state index in [0.717, 1.165) is 35.9 Å². The summed E-state index contributed by atoms with van der Waals surface area (Å²) in [6.45, 7) is 8.18. The molecule has 102 valence electrons. The maximum atomic E-state index is 9.27. The van der Waals surface area contributed by atoms with Crippen LogP contribution in [0.4, 0.5) is 0 Å². The van der Waals surface area contributed by atoms with Gasteiger partial charge in [-0.1, -0.05) is 13.8 Å². The summed E-state index contributed by atoms with van der Waals surface area (Å²) in [4.78, 5) is 8.23. The molecule has 1 saturated heterocycles. The minimum absolute atomic E-state index is 0.141. The van der Waals surface area contributed by atoms with Crippen molar-refractivity contribution in [3.63, 3.8) is 0 Å². The van der Waals surface area contributed by atoms with Gasteiger partial charge in [-0.2, -0.15) is 0 Å². The first-order chi connectivity index (χ1) is 8.72. The number of piperidine rings is 1. The van der Waals surface area contributed by atoms with Crippen LogP contribution in [-0.4, -0.2) is 34.6 Å². The quantitative estimate of drug-likeness (QED) is 0.891. The van der Waals surface area contributed by atoms with E-state index in [1.807, 2.05) is 0 Å². The van der Waals surface area contributed by atoms with Crippen LogP contribution in [0.5, 0.6) is 0 Å². The van der Waals surface area contributed by atoms with Crippen molar-refractivity contribution in [1.82, 2.24) is 9.88 Å². The fourth-order valence-electron chi connectivity index (χ4n) is 2.48. The lowest BCUT2D eigenvalue weighted by Crippen LogP contribution is -2.34. The highest BCUT2D eigenvalue weighted by Gasteiger charge is 2.16. The van der Waals surface area contributed by atoms with Gasteiger partial charge < -0.3 is 10.0 Å². The van der Waals surface area contributed by atoms with Gasteiger partial charge in [0.25, 0.3) is 0 Å². The Bertz CT molecular complexity index is 348. The summed E-state index contributed by atoms with van der Waals surface area (Å²) in [6, 6.07) is 0. The number of nitrogens with zero attached hydrogens (tertiary/aromatic N) is 2. The molecule has 1 N–H and O–H groups in total. The van der Waals surface area contributed by atoms with Gasteiger partial charge in [-0.25, -0.2) is 4.98 Å².